The van der Waals surface area contributed by atoms with Crippen LogP contribution in [0.2, 0.25) is 0 Å². The largest absolute Gasteiger partial charge is 0.508 e. The lowest BCUT2D eigenvalue weighted by Gasteiger charge is -2.25. The van der Waals surface area contributed by atoms with Gasteiger partial charge in [0.15, 0.2) is 0 Å². The number of hydrogen-bond donors (Lipinski definition) is 1. The lowest BCUT2D eigenvalue weighted by atomic mass is 9.79. The Morgan fingerprint density at radius 3 is 2.57 bits per heavy atom. The van der Waals surface area contributed by atoms with Crippen molar-refractivity contribution in [3.63, 3.8) is 0 Å². The highest BCUT2D eigenvalue weighted by Gasteiger charge is 2.30. The smallest absolute Gasteiger partial charge is 0.305 e. The van der Waals surface area contributed by atoms with E-state index in [9.17, 15) is 14.3 Å². The number of methoxy groups -OCH3 is 1. The molecule has 0 amide bonds. The average molecular weight is 475 g/mol. The normalized spacial score (nSPS) is 14.5. The highest BCUT2D eigenvalue weighted by molar-refractivity contribution is 5.85. The highest BCUT2D eigenvalue weighted by atomic mass is 19.1. The number of carbonyl (C=O) groups is 1. The van der Waals surface area contributed by atoms with Crippen molar-refractivity contribution in [1.82, 2.24) is 0 Å². The first-order chi connectivity index (χ1) is 16.8. The maximum Gasteiger partial charge on any atom is 0.305 e. The predicted molar refractivity (Wildman–Crippen MR) is 136 cm³/mol. The Morgan fingerprint density at radius 1 is 1.00 bits per heavy atom. The molecule has 4 nitrogen and oxygen atoms in total. The molecule has 0 bridgehead atoms. The lowest BCUT2D eigenvalue weighted by Crippen LogP contribution is -2.10. The van der Waals surface area contributed by atoms with Crippen LogP contribution >= 0.6 is 0 Å². The van der Waals surface area contributed by atoms with Gasteiger partial charge in [-0.1, -0.05) is 44.2 Å². The number of rotatable bonds is 8. The molecule has 3 aromatic carbocycles. The minimum atomic E-state index is -0.367. The van der Waals surface area contributed by atoms with Gasteiger partial charge >= 0.3 is 5.97 Å². The second kappa shape index (κ2) is 10.3. The summed E-state index contributed by atoms with van der Waals surface area (Å²) in [6, 6.07) is 17.7. The van der Waals surface area contributed by atoms with Crippen LogP contribution in [0.4, 0.5) is 4.39 Å². The molecule has 0 aromatic heterocycles. The van der Waals surface area contributed by atoms with E-state index >= 15 is 0 Å². The molecule has 0 unspecified atom stereocenters. The lowest BCUT2D eigenvalue weighted by molar-refractivity contribution is -0.140. The van der Waals surface area contributed by atoms with Crippen molar-refractivity contribution in [1.29, 1.82) is 0 Å². The van der Waals surface area contributed by atoms with Gasteiger partial charge in [-0.05, 0) is 88.9 Å². The van der Waals surface area contributed by atoms with Crippen molar-refractivity contribution in [3.05, 3.63) is 89.2 Å². The first kappa shape index (κ1) is 24.5. The number of hydrogen-bond acceptors (Lipinski definition) is 4. The van der Waals surface area contributed by atoms with Crippen LogP contribution in [0, 0.1) is 11.2 Å². The molecule has 1 aliphatic carbocycles. The number of aromatic hydroxyl groups is 1. The number of phenols is 1. The van der Waals surface area contributed by atoms with E-state index in [2.05, 4.69) is 26.0 Å². The summed E-state index contributed by atoms with van der Waals surface area (Å²) in [5.41, 5.74) is 5.22. The molecule has 4 rings (SSSR count). The second-order valence-electron chi connectivity index (χ2n) is 9.60. The van der Waals surface area contributed by atoms with Crippen molar-refractivity contribution in [2.75, 3.05) is 7.11 Å². The van der Waals surface area contributed by atoms with Crippen molar-refractivity contribution in [2.24, 2.45) is 5.41 Å². The van der Waals surface area contributed by atoms with E-state index < -0.39 is 0 Å². The summed E-state index contributed by atoms with van der Waals surface area (Å²) in [6.07, 6.45) is 5.14. The van der Waals surface area contributed by atoms with Crippen LogP contribution in [0.15, 0.2) is 66.7 Å². The van der Waals surface area contributed by atoms with Gasteiger partial charge in [0.1, 0.15) is 23.9 Å². The van der Waals surface area contributed by atoms with Crippen LogP contribution in [0.1, 0.15) is 49.8 Å². The van der Waals surface area contributed by atoms with E-state index in [1.165, 1.54) is 30.9 Å². The molecule has 0 spiro atoms. The minimum absolute atomic E-state index is 0.0322. The van der Waals surface area contributed by atoms with Crippen molar-refractivity contribution >= 4 is 11.5 Å². The monoisotopic (exact) mass is 474 g/mol. The van der Waals surface area contributed by atoms with Gasteiger partial charge in [-0.3, -0.25) is 4.79 Å². The summed E-state index contributed by atoms with van der Waals surface area (Å²) >= 11 is 0. The third kappa shape index (κ3) is 5.73. The van der Waals surface area contributed by atoms with Crippen LogP contribution in [-0.4, -0.2) is 18.2 Å². The number of aryl methyl sites for hydroxylation is 1. The molecule has 0 radical (unpaired) electrons. The Balaban J connectivity index is 1.61. The maximum absolute atomic E-state index is 14.8. The zero-order valence-electron chi connectivity index (χ0n) is 20.4. The number of esters is 1. The third-order valence-corrected chi connectivity index (χ3v) is 6.61. The van der Waals surface area contributed by atoms with Gasteiger partial charge in [-0.25, -0.2) is 4.39 Å². The highest BCUT2D eigenvalue weighted by Crippen LogP contribution is 2.47. The van der Waals surface area contributed by atoms with E-state index in [0.717, 1.165) is 40.8 Å². The van der Waals surface area contributed by atoms with Crippen LogP contribution in [-0.2, 0) is 22.6 Å². The second-order valence-corrected chi connectivity index (χ2v) is 9.60. The molecule has 0 aliphatic heterocycles. The van der Waals surface area contributed by atoms with Gasteiger partial charge < -0.3 is 14.6 Å². The molecule has 0 fully saturated rings. The first-order valence-electron chi connectivity index (χ1n) is 11.9. The van der Waals surface area contributed by atoms with Crippen LogP contribution < -0.4 is 4.74 Å². The number of benzene rings is 3. The number of ether oxygens (including phenoxy) is 2. The van der Waals surface area contributed by atoms with Gasteiger partial charge in [-0.15, -0.1) is 0 Å². The average Bonchev–Trinajstić information content (AvgIpc) is 3.21. The van der Waals surface area contributed by atoms with E-state index in [-0.39, 0.29) is 23.0 Å². The zero-order chi connectivity index (χ0) is 25.0. The molecule has 0 heterocycles. The summed E-state index contributed by atoms with van der Waals surface area (Å²) < 4.78 is 25.6. The fraction of sp³-hybridized carbons (Fsp3) is 0.300. The standard InChI is InChI=1S/C30H31FO4/c1-30(2)15-5-8-27(30)25-17-21(9-12-24(25)26-18-22(32)11-13-28(26)31)19-35-23-7-4-6-20(16-23)10-14-29(33)34-3/h4,6-9,11-13,16-18,32H,5,10,14-15,19H2,1-3H3. The third-order valence-electron chi connectivity index (χ3n) is 6.61. The summed E-state index contributed by atoms with van der Waals surface area (Å²) in [6.45, 7) is 4.76. The summed E-state index contributed by atoms with van der Waals surface area (Å²) in [5.74, 6) is 0.147. The number of halogens is 1. The van der Waals surface area contributed by atoms with Crippen molar-refractivity contribution in [3.8, 4) is 22.6 Å². The van der Waals surface area contributed by atoms with E-state index in [4.69, 9.17) is 9.47 Å². The molecule has 1 aliphatic rings. The quantitative estimate of drug-likeness (QED) is 0.354. The SMILES string of the molecule is COC(=O)CCc1cccc(OCc2ccc(-c3cc(O)ccc3F)c(C3=CCCC3(C)C)c2)c1. The first-order valence-corrected chi connectivity index (χ1v) is 11.9. The Morgan fingerprint density at radius 2 is 1.83 bits per heavy atom. The molecule has 35 heavy (non-hydrogen) atoms. The van der Waals surface area contributed by atoms with Crippen molar-refractivity contribution in [2.45, 2.75) is 46.1 Å². The number of allylic oxidation sites excluding steroid dienone is 2. The Labute approximate surface area is 206 Å². The minimum Gasteiger partial charge on any atom is -0.508 e. The number of phenolic OH excluding ortho intramolecular Hbond substituents is 1. The van der Waals surface area contributed by atoms with Crippen molar-refractivity contribution < 1.29 is 23.8 Å². The fourth-order valence-corrected chi connectivity index (χ4v) is 4.63. The van der Waals surface area contributed by atoms with Gasteiger partial charge in [-0.2, -0.15) is 0 Å². The molecular weight excluding hydrogens is 443 g/mol. The fourth-order valence-electron chi connectivity index (χ4n) is 4.63. The molecule has 3 aromatic rings. The maximum atomic E-state index is 14.8. The molecule has 182 valence electrons. The molecule has 0 saturated carbocycles. The van der Waals surface area contributed by atoms with Crippen LogP contribution in [0.5, 0.6) is 11.5 Å². The molecule has 0 saturated heterocycles. The Hall–Kier alpha value is -3.60. The van der Waals surface area contributed by atoms with E-state index in [0.29, 0.717) is 25.0 Å². The summed E-state index contributed by atoms with van der Waals surface area (Å²) in [4.78, 5) is 11.4. The molecular formula is C30H31FO4. The molecule has 1 N–H and O–H groups in total. The van der Waals surface area contributed by atoms with Gasteiger partial charge in [0, 0.05) is 12.0 Å². The van der Waals surface area contributed by atoms with Gasteiger partial charge in [0.2, 0.25) is 0 Å². The summed E-state index contributed by atoms with van der Waals surface area (Å²) in [7, 11) is 1.39. The van der Waals surface area contributed by atoms with E-state index in [1.807, 2.05) is 36.4 Å². The number of carbonyl (C=O) groups excluding carboxylic acids is 1. The summed E-state index contributed by atoms with van der Waals surface area (Å²) in [5, 5.41) is 10.0. The zero-order valence-corrected chi connectivity index (χ0v) is 20.4. The predicted octanol–water partition coefficient (Wildman–Crippen LogP) is 7.09. The van der Waals surface area contributed by atoms with E-state index in [1.54, 1.807) is 0 Å². The Kier molecular flexibility index (Phi) is 7.25. The molecule has 0 atom stereocenters. The van der Waals surface area contributed by atoms with Gasteiger partial charge in [0.25, 0.3) is 0 Å². The Bertz CT molecular complexity index is 1260. The van der Waals surface area contributed by atoms with Crippen LogP contribution in [0.25, 0.3) is 16.7 Å². The van der Waals surface area contributed by atoms with Gasteiger partial charge in [0.05, 0.1) is 7.11 Å². The topological polar surface area (TPSA) is 55.8 Å². The molecule has 5 heteroatoms. The van der Waals surface area contributed by atoms with Crippen LogP contribution in [0.3, 0.4) is 0 Å².